The summed E-state index contributed by atoms with van der Waals surface area (Å²) < 4.78 is 3.71. The van der Waals surface area contributed by atoms with Crippen molar-refractivity contribution in [3.05, 3.63) is 82.5 Å². The van der Waals surface area contributed by atoms with E-state index in [2.05, 4.69) is 38.2 Å². The van der Waals surface area contributed by atoms with E-state index in [4.69, 9.17) is 23.2 Å². The fourth-order valence-electron chi connectivity index (χ4n) is 2.73. The van der Waals surface area contributed by atoms with Crippen molar-refractivity contribution in [2.75, 3.05) is 0 Å². The molecule has 4 rings (SSSR count). The number of aromatic nitrogens is 4. The molecule has 2 heterocycles. The number of halogens is 2. The van der Waals surface area contributed by atoms with Crippen molar-refractivity contribution in [3.63, 3.8) is 0 Å². The van der Waals surface area contributed by atoms with Crippen molar-refractivity contribution in [3.8, 4) is 0 Å². The van der Waals surface area contributed by atoms with Gasteiger partial charge in [-0.2, -0.15) is 5.10 Å². The zero-order valence-corrected chi connectivity index (χ0v) is 14.6. The highest BCUT2D eigenvalue weighted by atomic mass is 35.5. The van der Waals surface area contributed by atoms with Crippen molar-refractivity contribution in [2.45, 2.75) is 6.54 Å². The molecule has 0 radical (unpaired) electrons. The summed E-state index contributed by atoms with van der Waals surface area (Å²) >= 11 is 12.3. The van der Waals surface area contributed by atoms with Crippen molar-refractivity contribution >= 4 is 40.3 Å². The van der Waals surface area contributed by atoms with Gasteiger partial charge in [0.25, 0.3) is 0 Å². The first-order chi connectivity index (χ1) is 12.2. The van der Waals surface area contributed by atoms with Gasteiger partial charge in [-0.05, 0) is 23.8 Å². The molecule has 0 aliphatic carbocycles. The van der Waals surface area contributed by atoms with Gasteiger partial charge in [0.2, 0.25) is 0 Å². The largest absolute Gasteiger partial charge is 0.342 e. The molecule has 0 saturated carbocycles. The Hall–Kier alpha value is -2.63. The van der Waals surface area contributed by atoms with E-state index in [1.807, 2.05) is 24.3 Å². The normalized spacial score (nSPS) is 11.6. The molecule has 0 aliphatic heterocycles. The molecule has 0 amide bonds. The molecule has 0 fully saturated rings. The molecule has 0 bridgehead atoms. The van der Waals surface area contributed by atoms with Gasteiger partial charge < -0.3 is 4.57 Å². The lowest BCUT2D eigenvalue weighted by Gasteiger charge is -2.08. The SMILES string of the molecule is Clc1ccc(Cn2cc(C=Nn3cnnc3)c3ccccc32)c(Cl)c1. The molecule has 2 aromatic heterocycles. The van der Waals surface area contributed by atoms with E-state index in [-0.39, 0.29) is 0 Å². The molecule has 5 nitrogen and oxygen atoms in total. The van der Waals surface area contributed by atoms with E-state index in [0.29, 0.717) is 16.6 Å². The predicted molar refractivity (Wildman–Crippen MR) is 101 cm³/mol. The second kappa shape index (κ2) is 6.70. The lowest BCUT2D eigenvalue weighted by molar-refractivity contribution is 0.836. The molecule has 25 heavy (non-hydrogen) atoms. The van der Waals surface area contributed by atoms with Gasteiger partial charge in [-0.3, -0.25) is 0 Å². The molecule has 2 aromatic carbocycles. The molecule has 0 atom stereocenters. The summed E-state index contributed by atoms with van der Waals surface area (Å²) in [5, 5.41) is 14.2. The Kier molecular flexibility index (Phi) is 4.26. The molecule has 0 saturated heterocycles. The first-order valence-corrected chi connectivity index (χ1v) is 8.37. The van der Waals surface area contributed by atoms with Crippen LogP contribution in [0.3, 0.4) is 0 Å². The van der Waals surface area contributed by atoms with Crippen LogP contribution < -0.4 is 0 Å². The van der Waals surface area contributed by atoms with Crippen LogP contribution >= 0.6 is 23.2 Å². The number of hydrogen-bond donors (Lipinski definition) is 0. The maximum absolute atomic E-state index is 6.32. The molecule has 4 aromatic rings. The van der Waals surface area contributed by atoms with Gasteiger partial charge in [-0.15, -0.1) is 10.2 Å². The molecule has 0 N–H and O–H groups in total. The Labute approximate surface area is 154 Å². The van der Waals surface area contributed by atoms with Crippen LogP contribution in [0.4, 0.5) is 0 Å². The van der Waals surface area contributed by atoms with Crippen molar-refractivity contribution in [2.24, 2.45) is 5.10 Å². The van der Waals surface area contributed by atoms with Gasteiger partial charge in [0.15, 0.2) is 0 Å². The maximum Gasteiger partial charge on any atom is 0.141 e. The fraction of sp³-hybridized carbons (Fsp3) is 0.0556. The van der Waals surface area contributed by atoms with Crippen molar-refractivity contribution in [1.82, 2.24) is 19.4 Å². The van der Waals surface area contributed by atoms with Crippen LogP contribution in [-0.2, 0) is 6.54 Å². The molecule has 7 heteroatoms. The molecule has 0 spiro atoms. The van der Waals surface area contributed by atoms with Crippen LogP contribution in [0.2, 0.25) is 10.0 Å². The summed E-state index contributed by atoms with van der Waals surface area (Å²) in [6.45, 7) is 0.650. The van der Waals surface area contributed by atoms with Crippen LogP contribution in [0.15, 0.2) is 66.4 Å². The Morgan fingerprint density at radius 3 is 2.64 bits per heavy atom. The molecular formula is C18H13Cl2N5. The monoisotopic (exact) mass is 369 g/mol. The third-order valence-electron chi connectivity index (χ3n) is 3.91. The summed E-state index contributed by atoms with van der Waals surface area (Å²) in [5.41, 5.74) is 3.13. The topological polar surface area (TPSA) is 48.0 Å². The second-order valence-electron chi connectivity index (χ2n) is 5.55. The van der Waals surface area contributed by atoms with E-state index in [1.165, 1.54) is 0 Å². The lowest BCUT2D eigenvalue weighted by atomic mass is 10.2. The van der Waals surface area contributed by atoms with Gasteiger partial charge in [0.1, 0.15) is 12.7 Å². The summed E-state index contributed by atoms with van der Waals surface area (Å²) in [6.07, 6.45) is 6.95. The number of para-hydroxylation sites is 1. The van der Waals surface area contributed by atoms with E-state index in [0.717, 1.165) is 22.0 Å². The maximum atomic E-state index is 6.32. The number of nitrogens with zero attached hydrogens (tertiary/aromatic N) is 5. The average Bonchev–Trinajstić information content (AvgIpc) is 3.24. The summed E-state index contributed by atoms with van der Waals surface area (Å²) in [6, 6.07) is 13.7. The minimum atomic E-state index is 0.632. The van der Waals surface area contributed by atoms with Crippen LogP contribution in [0, 0.1) is 0 Å². The van der Waals surface area contributed by atoms with Crippen LogP contribution in [0.5, 0.6) is 0 Å². The van der Waals surface area contributed by atoms with Crippen LogP contribution in [0.25, 0.3) is 10.9 Å². The zero-order chi connectivity index (χ0) is 17.2. The summed E-state index contributed by atoms with van der Waals surface area (Å²) in [5.74, 6) is 0. The van der Waals surface area contributed by atoms with Gasteiger partial charge in [-0.1, -0.05) is 47.5 Å². The minimum Gasteiger partial charge on any atom is -0.342 e. The number of rotatable bonds is 4. The second-order valence-corrected chi connectivity index (χ2v) is 6.40. The van der Waals surface area contributed by atoms with Crippen molar-refractivity contribution < 1.29 is 0 Å². The third kappa shape index (κ3) is 3.29. The predicted octanol–water partition coefficient (Wildman–Crippen LogP) is 4.47. The first-order valence-electron chi connectivity index (χ1n) is 7.61. The molecule has 0 unspecified atom stereocenters. The lowest BCUT2D eigenvalue weighted by Crippen LogP contribution is -1.98. The van der Waals surface area contributed by atoms with Crippen LogP contribution in [-0.4, -0.2) is 25.7 Å². The highest BCUT2D eigenvalue weighted by Crippen LogP contribution is 2.25. The fourth-order valence-corrected chi connectivity index (χ4v) is 3.19. The third-order valence-corrected chi connectivity index (χ3v) is 4.50. The Morgan fingerprint density at radius 1 is 1.04 bits per heavy atom. The van der Waals surface area contributed by atoms with Gasteiger partial charge in [0.05, 0.1) is 6.21 Å². The molecule has 124 valence electrons. The molecular weight excluding hydrogens is 357 g/mol. The average molecular weight is 370 g/mol. The van der Waals surface area contributed by atoms with Gasteiger partial charge in [-0.25, -0.2) is 4.68 Å². The van der Waals surface area contributed by atoms with E-state index in [9.17, 15) is 0 Å². The Balaban J connectivity index is 1.74. The Morgan fingerprint density at radius 2 is 1.84 bits per heavy atom. The summed E-state index contributed by atoms with van der Waals surface area (Å²) in [4.78, 5) is 0. The van der Waals surface area contributed by atoms with Crippen LogP contribution in [0.1, 0.15) is 11.1 Å². The van der Waals surface area contributed by atoms with Gasteiger partial charge >= 0.3 is 0 Å². The van der Waals surface area contributed by atoms with Gasteiger partial charge in [0, 0.05) is 39.3 Å². The van der Waals surface area contributed by atoms with E-state index in [1.54, 1.807) is 29.6 Å². The quantitative estimate of drug-likeness (QED) is 0.498. The number of hydrogen-bond acceptors (Lipinski definition) is 3. The Bertz CT molecular complexity index is 1050. The van der Waals surface area contributed by atoms with E-state index < -0.39 is 0 Å². The molecule has 0 aliphatic rings. The highest BCUT2D eigenvalue weighted by molar-refractivity contribution is 6.35. The summed E-state index contributed by atoms with van der Waals surface area (Å²) in [7, 11) is 0. The smallest absolute Gasteiger partial charge is 0.141 e. The number of fused-ring (bicyclic) bond motifs is 1. The number of benzene rings is 2. The van der Waals surface area contributed by atoms with Crippen molar-refractivity contribution in [1.29, 1.82) is 0 Å². The first kappa shape index (κ1) is 15.9. The highest BCUT2D eigenvalue weighted by Gasteiger charge is 2.09. The standard InChI is InChI=1S/C18H13Cl2N5/c19-15-6-5-13(17(20)7-15)9-24-10-14(8-23-25-11-21-22-12-25)16-3-1-2-4-18(16)24/h1-8,10-12H,9H2. The zero-order valence-electron chi connectivity index (χ0n) is 13.0. The van der Waals surface area contributed by atoms with E-state index >= 15 is 0 Å². The minimum absolute atomic E-state index is 0.632.